The van der Waals surface area contributed by atoms with Gasteiger partial charge in [-0.15, -0.1) is 0 Å². The van der Waals surface area contributed by atoms with Crippen LogP contribution in [0, 0.1) is 0 Å². The van der Waals surface area contributed by atoms with E-state index >= 15 is 0 Å². The number of nitrogens with zero attached hydrogens (tertiary/aromatic N) is 1. The number of hydrogen-bond donors (Lipinski definition) is 0. The first-order valence-electron chi connectivity index (χ1n) is 8.38. The second-order valence-corrected chi connectivity index (χ2v) is 6.24. The lowest BCUT2D eigenvalue weighted by Crippen LogP contribution is -2.28. The van der Waals surface area contributed by atoms with Crippen LogP contribution in [0.25, 0.3) is 0 Å². The van der Waals surface area contributed by atoms with Crippen LogP contribution in [0.4, 0.5) is 0 Å². The van der Waals surface area contributed by atoms with E-state index in [4.69, 9.17) is 9.47 Å². The number of carbonyl (C=O) groups excluding carboxylic acids is 2. The fourth-order valence-electron chi connectivity index (χ4n) is 2.90. The Kier molecular flexibility index (Phi) is 6.02. The zero-order valence-corrected chi connectivity index (χ0v) is 15.4. The summed E-state index contributed by atoms with van der Waals surface area (Å²) in [5, 5.41) is 0. The first-order chi connectivity index (χ1) is 11.9. The van der Waals surface area contributed by atoms with Gasteiger partial charge in [0.05, 0.1) is 31.3 Å². The van der Waals surface area contributed by atoms with Crippen molar-refractivity contribution in [3.05, 3.63) is 58.9 Å². The average Bonchev–Trinajstić information content (AvgIpc) is 2.65. The van der Waals surface area contributed by atoms with Gasteiger partial charge in [-0.2, -0.15) is 0 Å². The van der Waals surface area contributed by atoms with Crippen LogP contribution < -0.4 is 0 Å². The van der Waals surface area contributed by atoms with Crippen molar-refractivity contribution < 1.29 is 19.1 Å². The van der Waals surface area contributed by atoms with E-state index < -0.39 is 17.9 Å². The molecule has 0 unspecified atom stereocenters. The standard InChI is InChI=1S/C20H25NO4/c1-6-21-11-16(19(22)24-4)18(17(12-21)20(23)25-5)15-9-7-14(8-10-15)13(2)3/h7-13,18H,6H2,1-5H3. The van der Waals surface area contributed by atoms with Crippen LogP contribution >= 0.6 is 0 Å². The molecule has 0 radical (unpaired) electrons. The summed E-state index contributed by atoms with van der Waals surface area (Å²) in [7, 11) is 2.68. The van der Waals surface area contributed by atoms with Crippen molar-refractivity contribution >= 4 is 11.9 Å². The van der Waals surface area contributed by atoms with Gasteiger partial charge in [0.25, 0.3) is 0 Å². The normalized spacial score (nSPS) is 14.9. The summed E-state index contributed by atoms with van der Waals surface area (Å²) in [4.78, 5) is 26.5. The molecule has 5 heteroatoms. The Morgan fingerprint density at radius 1 is 1.00 bits per heavy atom. The van der Waals surface area contributed by atoms with Crippen LogP contribution in [0.1, 0.15) is 43.7 Å². The molecular formula is C20H25NO4. The van der Waals surface area contributed by atoms with Crippen molar-refractivity contribution in [2.45, 2.75) is 32.6 Å². The Hall–Kier alpha value is -2.56. The zero-order chi connectivity index (χ0) is 18.6. The van der Waals surface area contributed by atoms with Gasteiger partial charge < -0.3 is 14.4 Å². The molecule has 0 amide bonds. The molecular weight excluding hydrogens is 318 g/mol. The SMILES string of the molecule is CCN1C=C(C(=O)OC)C(c2ccc(C(C)C)cc2)C(C(=O)OC)=C1. The number of benzene rings is 1. The van der Waals surface area contributed by atoms with Crippen LogP contribution in [0.5, 0.6) is 0 Å². The molecule has 1 heterocycles. The highest BCUT2D eigenvalue weighted by Gasteiger charge is 2.34. The minimum absolute atomic E-state index is 0.405. The van der Waals surface area contributed by atoms with E-state index in [1.165, 1.54) is 19.8 Å². The third kappa shape index (κ3) is 3.92. The minimum Gasteiger partial charge on any atom is -0.466 e. The van der Waals surface area contributed by atoms with Crippen molar-refractivity contribution in [2.75, 3.05) is 20.8 Å². The summed E-state index contributed by atoms with van der Waals surface area (Å²) < 4.78 is 9.89. The van der Waals surface area contributed by atoms with Gasteiger partial charge in [0.15, 0.2) is 0 Å². The number of ether oxygens (including phenoxy) is 2. The lowest BCUT2D eigenvalue weighted by molar-refractivity contribution is -0.137. The number of esters is 2. The highest BCUT2D eigenvalue weighted by atomic mass is 16.5. The Morgan fingerprint density at radius 2 is 1.48 bits per heavy atom. The zero-order valence-electron chi connectivity index (χ0n) is 15.4. The molecule has 0 spiro atoms. The van der Waals surface area contributed by atoms with Crippen molar-refractivity contribution in [1.82, 2.24) is 4.90 Å². The predicted octanol–water partition coefficient (Wildman–Crippen LogP) is 3.34. The Bertz CT molecular complexity index is 667. The molecule has 0 N–H and O–H groups in total. The number of rotatable bonds is 5. The minimum atomic E-state index is -0.510. The molecule has 1 aliphatic rings. The molecule has 0 saturated carbocycles. The quantitative estimate of drug-likeness (QED) is 0.768. The van der Waals surface area contributed by atoms with E-state index in [2.05, 4.69) is 13.8 Å². The van der Waals surface area contributed by atoms with E-state index in [9.17, 15) is 9.59 Å². The highest BCUT2D eigenvalue weighted by molar-refractivity contribution is 5.98. The van der Waals surface area contributed by atoms with Crippen LogP contribution in [0.2, 0.25) is 0 Å². The fraction of sp³-hybridized carbons (Fsp3) is 0.400. The lowest BCUT2D eigenvalue weighted by atomic mass is 9.82. The van der Waals surface area contributed by atoms with E-state index in [-0.39, 0.29) is 0 Å². The van der Waals surface area contributed by atoms with Crippen molar-refractivity contribution in [3.8, 4) is 0 Å². The van der Waals surface area contributed by atoms with Crippen LogP contribution in [-0.2, 0) is 19.1 Å². The van der Waals surface area contributed by atoms with Gasteiger partial charge in [-0.3, -0.25) is 0 Å². The van der Waals surface area contributed by atoms with Gasteiger partial charge in [0, 0.05) is 18.9 Å². The molecule has 0 aliphatic carbocycles. The lowest BCUT2D eigenvalue weighted by Gasteiger charge is -2.29. The topological polar surface area (TPSA) is 55.8 Å². The van der Waals surface area contributed by atoms with Gasteiger partial charge >= 0.3 is 11.9 Å². The maximum atomic E-state index is 12.3. The molecule has 0 atom stereocenters. The Balaban J connectivity index is 2.55. The molecule has 1 aromatic carbocycles. The molecule has 0 fully saturated rings. The average molecular weight is 343 g/mol. The number of carbonyl (C=O) groups is 2. The molecule has 25 heavy (non-hydrogen) atoms. The molecule has 0 bridgehead atoms. The monoisotopic (exact) mass is 343 g/mol. The maximum Gasteiger partial charge on any atom is 0.336 e. The molecule has 5 nitrogen and oxygen atoms in total. The Labute approximate surface area is 148 Å². The van der Waals surface area contributed by atoms with Gasteiger partial charge in [0.2, 0.25) is 0 Å². The summed E-state index contributed by atoms with van der Waals surface area (Å²) in [6, 6.07) is 7.95. The molecule has 2 rings (SSSR count). The third-order valence-electron chi connectivity index (χ3n) is 4.38. The third-order valence-corrected chi connectivity index (χ3v) is 4.38. The highest BCUT2D eigenvalue weighted by Crippen LogP contribution is 2.37. The second kappa shape index (κ2) is 8.01. The fourth-order valence-corrected chi connectivity index (χ4v) is 2.90. The van der Waals surface area contributed by atoms with Gasteiger partial charge in [0.1, 0.15) is 0 Å². The Morgan fingerprint density at radius 3 is 1.84 bits per heavy atom. The summed E-state index contributed by atoms with van der Waals surface area (Å²) in [6.45, 7) is 6.80. The first kappa shape index (κ1) is 18.8. The van der Waals surface area contributed by atoms with Crippen molar-refractivity contribution in [1.29, 1.82) is 0 Å². The van der Waals surface area contributed by atoms with Gasteiger partial charge in [-0.1, -0.05) is 38.1 Å². The maximum absolute atomic E-state index is 12.3. The van der Waals surface area contributed by atoms with Gasteiger partial charge in [-0.25, -0.2) is 9.59 Å². The van der Waals surface area contributed by atoms with E-state index in [1.807, 2.05) is 31.2 Å². The second-order valence-electron chi connectivity index (χ2n) is 6.24. The summed E-state index contributed by atoms with van der Waals surface area (Å²) in [5.41, 5.74) is 2.89. The molecule has 0 aromatic heterocycles. The number of methoxy groups -OCH3 is 2. The van der Waals surface area contributed by atoms with Crippen LogP contribution in [-0.4, -0.2) is 37.6 Å². The first-order valence-corrected chi connectivity index (χ1v) is 8.38. The van der Waals surface area contributed by atoms with Gasteiger partial charge in [-0.05, 0) is 24.0 Å². The smallest absolute Gasteiger partial charge is 0.336 e. The number of hydrogen-bond acceptors (Lipinski definition) is 5. The van der Waals surface area contributed by atoms with E-state index in [0.717, 1.165) is 5.56 Å². The molecule has 1 aliphatic heterocycles. The van der Waals surface area contributed by atoms with Crippen molar-refractivity contribution in [2.24, 2.45) is 0 Å². The van der Waals surface area contributed by atoms with E-state index in [0.29, 0.717) is 23.6 Å². The van der Waals surface area contributed by atoms with Crippen LogP contribution in [0.15, 0.2) is 47.8 Å². The van der Waals surface area contributed by atoms with Crippen molar-refractivity contribution in [3.63, 3.8) is 0 Å². The largest absolute Gasteiger partial charge is 0.466 e. The summed E-state index contributed by atoms with van der Waals surface area (Å²) in [5.74, 6) is -1.01. The predicted molar refractivity (Wildman–Crippen MR) is 95.9 cm³/mol. The van der Waals surface area contributed by atoms with Crippen LogP contribution in [0.3, 0.4) is 0 Å². The molecule has 134 valence electrons. The summed E-state index contributed by atoms with van der Waals surface area (Å²) >= 11 is 0. The summed E-state index contributed by atoms with van der Waals surface area (Å²) in [6.07, 6.45) is 3.47. The molecule has 1 aromatic rings. The molecule has 0 saturated heterocycles. The van der Waals surface area contributed by atoms with E-state index in [1.54, 1.807) is 17.3 Å².